The molecule has 6 nitrogen and oxygen atoms in total. The summed E-state index contributed by atoms with van der Waals surface area (Å²) in [5.41, 5.74) is -1.31. The number of aromatic nitrogens is 1. The first-order valence-electron chi connectivity index (χ1n) is 11.6. The molecule has 1 atom stereocenters. The summed E-state index contributed by atoms with van der Waals surface area (Å²) in [5, 5.41) is 0. The number of carbonyl (C=O) groups excluding carboxylic acids is 1. The third kappa shape index (κ3) is 5.61. The summed E-state index contributed by atoms with van der Waals surface area (Å²) >= 11 is 0. The Balaban J connectivity index is 1.87. The van der Waals surface area contributed by atoms with Crippen molar-refractivity contribution in [2.45, 2.75) is 64.2 Å². The van der Waals surface area contributed by atoms with E-state index in [1.165, 1.54) is 17.0 Å². The summed E-state index contributed by atoms with van der Waals surface area (Å²) < 4.78 is 45.4. The summed E-state index contributed by atoms with van der Waals surface area (Å²) in [5.74, 6) is -0.156. The molecule has 0 bridgehead atoms. The van der Waals surface area contributed by atoms with E-state index in [0.717, 1.165) is 51.5 Å². The number of nitrogens with zero attached hydrogens (tertiary/aromatic N) is 4. The lowest BCUT2D eigenvalue weighted by molar-refractivity contribution is -0.141. The lowest BCUT2D eigenvalue weighted by atomic mass is 9.86. The Hall–Kier alpha value is -1.71. The molecule has 1 amide bonds. The average Bonchev–Trinajstić information content (AvgIpc) is 2.82. The highest BCUT2D eigenvalue weighted by Gasteiger charge is 2.43. The smallest absolute Gasteiger partial charge is 0.381 e. The fraction of sp³-hybridized carbons (Fsp3) is 0.739. The molecule has 3 heterocycles. The van der Waals surface area contributed by atoms with Crippen LogP contribution in [0, 0.1) is 0 Å². The largest absolute Gasteiger partial charge is 0.433 e. The summed E-state index contributed by atoms with van der Waals surface area (Å²) in [7, 11) is 0. The molecule has 0 radical (unpaired) electrons. The van der Waals surface area contributed by atoms with Gasteiger partial charge in [0.25, 0.3) is 0 Å². The van der Waals surface area contributed by atoms with Gasteiger partial charge in [0.1, 0.15) is 11.5 Å². The van der Waals surface area contributed by atoms with Crippen LogP contribution < -0.4 is 4.90 Å². The van der Waals surface area contributed by atoms with Crippen LogP contribution in [0.1, 0.15) is 52.1 Å². The summed E-state index contributed by atoms with van der Waals surface area (Å²) in [6, 6.07) is 4.28. The van der Waals surface area contributed by atoms with Crippen LogP contribution in [-0.2, 0) is 15.7 Å². The number of anilines is 1. The molecule has 9 heteroatoms. The fourth-order valence-electron chi connectivity index (χ4n) is 4.73. The van der Waals surface area contributed by atoms with E-state index in [1.807, 2.05) is 0 Å². The Kier molecular flexibility index (Phi) is 8.16. The van der Waals surface area contributed by atoms with Crippen LogP contribution in [0.2, 0.25) is 0 Å². The van der Waals surface area contributed by atoms with E-state index in [2.05, 4.69) is 28.6 Å². The molecular formula is C23H35F3N4O2. The van der Waals surface area contributed by atoms with Crippen LogP contribution in [0.3, 0.4) is 0 Å². The molecule has 1 aromatic heterocycles. The molecule has 2 saturated heterocycles. The summed E-state index contributed by atoms with van der Waals surface area (Å²) in [4.78, 5) is 23.1. The minimum atomic E-state index is -4.56. The number of hydrogen-bond donors (Lipinski definition) is 0. The molecule has 0 saturated carbocycles. The Morgan fingerprint density at radius 2 is 1.84 bits per heavy atom. The second-order valence-corrected chi connectivity index (χ2v) is 8.83. The van der Waals surface area contributed by atoms with Gasteiger partial charge in [0, 0.05) is 63.9 Å². The van der Waals surface area contributed by atoms with Crippen LogP contribution in [0.25, 0.3) is 0 Å². The minimum absolute atomic E-state index is 0.0655. The van der Waals surface area contributed by atoms with Gasteiger partial charge in [0.05, 0.1) is 0 Å². The molecule has 0 aliphatic carbocycles. The maximum atomic E-state index is 13.3. The van der Waals surface area contributed by atoms with E-state index in [1.54, 1.807) is 6.92 Å². The van der Waals surface area contributed by atoms with Crippen molar-refractivity contribution in [1.82, 2.24) is 14.8 Å². The monoisotopic (exact) mass is 456 g/mol. The average molecular weight is 457 g/mol. The molecule has 180 valence electrons. The Morgan fingerprint density at radius 1 is 1.19 bits per heavy atom. The number of piperazine rings is 1. The molecule has 2 aliphatic rings. The third-order valence-electron chi connectivity index (χ3n) is 6.98. The topological polar surface area (TPSA) is 48.9 Å². The van der Waals surface area contributed by atoms with Crippen LogP contribution in [0.15, 0.2) is 18.2 Å². The van der Waals surface area contributed by atoms with Crippen molar-refractivity contribution < 1.29 is 22.7 Å². The van der Waals surface area contributed by atoms with Gasteiger partial charge in [0.15, 0.2) is 0 Å². The standard InChI is InChI=1S/C23H35F3N4O2/c1-4-18(3)28-11-13-29(14-12-28)22(9-15-32-16-10-22)17-30(21(31)5-2)20-8-6-7-19(27-20)23(24,25)26/h6-8,18H,4-5,9-17H2,1-3H3. The van der Waals surface area contributed by atoms with Crippen molar-refractivity contribution in [3.05, 3.63) is 23.9 Å². The molecular weight excluding hydrogens is 421 g/mol. The van der Waals surface area contributed by atoms with Crippen LogP contribution in [0.5, 0.6) is 0 Å². The molecule has 2 fully saturated rings. The maximum Gasteiger partial charge on any atom is 0.433 e. The molecule has 3 rings (SSSR count). The second-order valence-electron chi connectivity index (χ2n) is 8.83. The highest BCUT2D eigenvalue weighted by Crippen LogP contribution is 2.34. The number of pyridine rings is 1. The van der Waals surface area contributed by atoms with Gasteiger partial charge >= 0.3 is 6.18 Å². The lowest BCUT2D eigenvalue weighted by Gasteiger charge is -2.51. The first-order valence-corrected chi connectivity index (χ1v) is 11.6. The number of rotatable bonds is 7. The maximum absolute atomic E-state index is 13.3. The lowest BCUT2D eigenvalue weighted by Crippen LogP contribution is -2.64. The fourth-order valence-corrected chi connectivity index (χ4v) is 4.73. The number of ether oxygens (including phenoxy) is 1. The molecule has 1 unspecified atom stereocenters. The van der Waals surface area contributed by atoms with Crippen LogP contribution in [0.4, 0.5) is 19.0 Å². The number of carbonyl (C=O) groups is 1. The van der Waals surface area contributed by atoms with Crippen LogP contribution in [-0.4, -0.2) is 78.2 Å². The zero-order valence-electron chi connectivity index (χ0n) is 19.3. The molecule has 2 aliphatic heterocycles. The van der Waals surface area contributed by atoms with Crippen molar-refractivity contribution in [2.75, 3.05) is 50.8 Å². The minimum Gasteiger partial charge on any atom is -0.381 e. The van der Waals surface area contributed by atoms with E-state index in [-0.39, 0.29) is 23.7 Å². The van der Waals surface area contributed by atoms with E-state index in [9.17, 15) is 18.0 Å². The number of alkyl halides is 3. The molecule has 0 aromatic carbocycles. The van der Waals surface area contributed by atoms with Gasteiger partial charge in [-0.2, -0.15) is 13.2 Å². The van der Waals surface area contributed by atoms with Crippen molar-refractivity contribution in [3.63, 3.8) is 0 Å². The quantitative estimate of drug-likeness (QED) is 0.625. The van der Waals surface area contributed by atoms with E-state index in [4.69, 9.17) is 4.74 Å². The number of hydrogen-bond acceptors (Lipinski definition) is 5. The Bertz CT molecular complexity index is 760. The molecule has 1 aromatic rings. The predicted octanol–water partition coefficient (Wildman–Crippen LogP) is 3.81. The predicted molar refractivity (Wildman–Crippen MR) is 118 cm³/mol. The third-order valence-corrected chi connectivity index (χ3v) is 6.98. The van der Waals surface area contributed by atoms with Crippen LogP contribution >= 0.6 is 0 Å². The van der Waals surface area contributed by atoms with Crippen molar-refractivity contribution in [1.29, 1.82) is 0 Å². The molecule has 0 spiro atoms. The van der Waals surface area contributed by atoms with Gasteiger partial charge in [0.2, 0.25) is 5.91 Å². The van der Waals surface area contributed by atoms with E-state index < -0.39 is 11.9 Å². The van der Waals surface area contributed by atoms with E-state index in [0.29, 0.717) is 25.8 Å². The van der Waals surface area contributed by atoms with Crippen molar-refractivity contribution >= 4 is 11.7 Å². The van der Waals surface area contributed by atoms with E-state index >= 15 is 0 Å². The van der Waals surface area contributed by atoms with Gasteiger partial charge in [-0.05, 0) is 38.3 Å². The summed E-state index contributed by atoms with van der Waals surface area (Å²) in [6.45, 7) is 11.3. The van der Waals surface area contributed by atoms with Gasteiger partial charge < -0.3 is 4.74 Å². The normalized spacial score (nSPS) is 21.3. The molecule has 32 heavy (non-hydrogen) atoms. The molecule has 0 N–H and O–H groups in total. The first kappa shape index (κ1) is 24.9. The number of halogens is 3. The first-order chi connectivity index (χ1) is 15.2. The van der Waals surface area contributed by atoms with Gasteiger partial charge in [-0.15, -0.1) is 0 Å². The van der Waals surface area contributed by atoms with Gasteiger partial charge in [-0.25, -0.2) is 4.98 Å². The SMILES string of the molecule is CCC(=O)N(CC1(N2CCN(C(C)CC)CC2)CCOCC1)c1cccc(C(F)(F)F)n1. The zero-order chi connectivity index (χ0) is 23.4. The highest BCUT2D eigenvalue weighted by atomic mass is 19.4. The van der Waals surface area contributed by atoms with Gasteiger partial charge in [-0.3, -0.25) is 19.5 Å². The zero-order valence-corrected chi connectivity index (χ0v) is 19.3. The second kappa shape index (κ2) is 10.5. The summed E-state index contributed by atoms with van der Waals surface area (Å²) in [6.07, 6.45) is -1.78. The number of amides is 1. The Labute approximate surface area is 188 Å². The van der Waals surface area contributed by atoms with Crippen molar-refractivity contribution in [3.8, 4) is 0 Å². The van der Waals surface area contributed by atoms with Crippen molar-refractivity contribution in [2.24, 2.45) is 0 Å². The highest BCUT2D eigenvalue weighted by molar-refractivity contribution is 5.92. The van der Waals surface area contributed by atoms with Gasteiger partial charge in [-0.1, -0.05) is 19.9 Å². The Morgan fingerprint density at radius 3 is 2.41 bits per heavy atom.